The summed E-state index contributed by atoms with van der Waals surface area (Å²) in [5.74, 6) is 1.51. The molecule has 1 fully saturated rings. The molecular weight excluding hydrogens is 386 g/mol. The summed E-state index contributed by atoms with van der Waals surface area (Å²) < 4.78 is 2.28. The molecule has 1 heterocycles. The van der Waals surface area contributed by atoms with E-state index in [2.05, 4.69) is 58.7 Å². The van der Waals surface area contributed by atoms with Crippen molar-refractivity contribution < 1.29 is 0 Å². The molecule has 2 rings (SSSR count). The quantitative estimate of drug-likeness (QED) is 0.625. The Balaban J connectivity index is 1.98. The zero-order valence-electron chi connectivity index (χ0n) is 11.9. The van der Waals surface area contributed by atoms with Gasteiger partial charge in [-0.25, -0.2) is 0 Å². The Morgan fingerprint density at radius 1 is 1.21 bits per heavy atom. The van der Waals surface area contributed by atoms with Crippen molar-refractivity contribution >= 4 is 43.2 Å². The van der Waals surface area contributed by atoms with E-state index in [1.165, 1.54) is 30.6 Å². The summed E-state index contributed by atoms with van der Waals surface area (Å²) in [6.07, 6.45) is 5.21. The maximum atomic E-state index is 6.48. The van der Waals surface area contributed by atoms with Crippen LogP contribution in [0.2, 0.25) is 0 Å². The largest absolute Gasteiger partial charge is 0.323 e. The van der Waals surface area contributed by atoms with Crippen molar-refractivity contribution in [1.29, 1.82) is 0 Å². The minimum absolute atomic E-state index is 0.202. The Labute approximate surface area is 137 Å². The summed E-state index contributed by atoms with van der Waals surface area (Å²) in [6.45, 7) is 7.10. The fraction of sp³-hybridized carbons (Fsp3) is 0.733. The van der Waals surface area contributed by atoms with Gasteiger partial charge in [0.1, 0.15) is 0 Å². The molecule has 0 aliphatic heterocycles. The maximum absolute atomic E-state index is 6.48. The third kappa shape index (κ3) is 3.84. The Kier molecular flexibility index (Phi) is 5.19. The van der Waals surface area contributed by atoms with Crippen LogP contribution in [-0.2, 0) is 0 Å². The molecule has 1 atom stereocenters. The third-order valence-electron chi connectivity index (χ3n) is 4.50. The van der Waals surface area contributed by atoms with Crippen LogP contribution in [-0.4, -0.2) is 0 Å². The van der Waals surface area contributed by atoms with Crippen LogP contribution in [0.3, 0.4) is 0 Å². The van der Waals surface area contributed by atoms with E-state index in [-0.39, 0.29) is 6.04 Å². The summed E-state index contributed by atoms with van der Waals surface area (Å²) in [5.41, 5.74) is 6.92. The molecule has 108 valence electrons. The highest BCUT2D eigenvalue weighted by Gasteiger charge is 2.32. The molecule has 1 nitrogen and oxygen atoms in total. The molecule has 0 amide bonds. The average Bonchev–Trinajstić information content (AvgIpc) is 2.68. The van der Waals surface area contributed by atoms with Crippen LogP contribution in [0.5, 0.6) is 0 Å². The molecule has 1 aromatic heterocycles. The molecule has 0 radical (unpaired) electrons. The van der Waals surface area contributed by atoms with Gasteiger partial charge in [-0.1, -0.05) is 20.8 Å². The molecule has 4 heteroatoms. The van der Waals surface area contributed by atoms with Crippen LogP contribution < -0.4 is 5.73 Å². The minimum atomic E-state index is 0.202. The molecule has 0 saturated heterocycles. The standard InChI is InChI=1S/C15H23Br2NS/c1-15(2,3)10-6-4-9(5-7-10)13(18)12-8-11(16)14(17)19-12/h8-10,13H,4-7,18H2,1-3H3. The van der Waals surface area contributed by atoms with Crippen LogP contribution in [0.1, 0.15) is 57.4 Å². The van der Waals surface area contributed by atoms with Gasteiger partial charge in [0.2, 0.25) is 0 Å². The Morgan fingerprint density at radius 3 is 2.21 bits per heavy atom. The summed E-state index contributed by atoms with van der Waals surface area (Å²) in [6, 6.07) is 2.38. The molecule has 1 aromatic rings. The second kappa shape index (κ2) is 6.17. The van der Waals surface area contributed by atoms with E-state index < -0.39 is 0 Å². The molecule has 2 N–H and O–H groups in total. The van der Waals surface area contributed by atoms with E-state index in [1.54, 1.807) is 11.3 Å². The highest BCUT2D eigenvalue weighted by molar-refractivity contribution is 9.13. The number of hydrogen-bond donors (Lipinski definition) is 1. The summed E-state index contributed by atoms with van der Waals surface area (Å²) in [5, 5.41) is 0. The number of halogens is 2. The zero-order chi connectivity index (χ0) is 14.2. The number of thiophene rings is 1. The predicted octanol–water partition coefficient (Wildman–Crippen LogP) is 6.13. The van der Waals surface area contributed by atoms with E-state index in [4.69, 9.17) is 5.73 Å². The first-order chi connectivity index (χ1) is 8.79. The fourth-order valence-corrected chi connectivity index (χ4v) is 5.29. The highest BCUT2D eigenvalue weighted by Crippen LogP contribution is 2.45. The Hall–Kier alpha value is 0.620. The van der Waals surface area contributed by atoms with E-state index in [0.717, 1.165) is 14.2 Å². The topological polar surface area (TPSA) is 26.0 Å². The first-order valence-corrected chi connectivity index (χ1v) is 9.39. The van der Waals surface area contributed by atoms with E-state index in [0.29, 0.717) is 11.3 Å². The molecule has 1 unspecified atom stereocenters. The third-order valence-corrected chi connectivity index (χ3v) is 7.85. The number of rotatable bonds is 2. The van der Waals surface area contributed by atoms with Crippen LogP contribution in [0.4, 0.5) is 0 Å². The SMILES string of the molecule is CC(C)(C)C1CCC(C(N)c2cc(Br)c(Br)s2)CC1. The molecule has 0 spiro atoms. The van der Waals surface area contributed by atoms with Crippen molar-refractivity contribution in [2.24, 2.45) is 23.0 Å². The van der Waals surface area contributed by atoms with Crippen LogP contribution >= 0.6 is 43.2 Å². The van der Waals surface area contributed by atoms with Crippen molar-refractivity contribution in [3.63, 3.8) is 0 Å². The van der Waals surface area contributed by atoms with Gasteiger partial charge < -0.3 is 5.73 Å². The second-order valence-electron chi connectivity index (χ2n) is 6.77. The number of hydrogen-bond acceptors (Lipinski definition) is 2. The number of nitrogens with two attached hydrogens (primary N) is 1. The van der Waals surface area contributed by atoms with E-state index in [1.807, 2.05) is 0 Å². The monoisotopic (exact) mass is 407 g/mol. The van der Waals surface area contributed by atoms with Crippen molar-refractivity contribution in [2.75, 3.05) is 0 Å². The van der Waals surface area contributed by atoms with Gasteiger partial charge in [0.15, 0.2) is 0 Å². The van der Waals surface area contributed by atoms with Gasteiger partial charge in [-0.3, -0.25) is 0 Å². The van der Waals surface area contributed by atoms with Gasteiger partial charge in [0.25, 0.3) is 0 Å². The van der Waals surface area contributed by atoms with Gasteiger partial charge in [-0.2, -0.15) is 0 Å². The molecule has 0 aromatic carbocycles. The van der Waals surface area contributed by atoms with Crippen LogP contribution in [0, 0.1) is 17.3 Å². The lowest BCUT2D eigenvalue weighted by Crippen LogP contribution is -2.30. The van der Waals surface area contributed by atoms with Gasteiger partial charge in [0, 0.05) is 15.4 Å². The second-order valence-corrected chi connectivity index (χ2v) is 10.0. The van der Waals surface area contributed by atoms with Crippen molar-refractivity contribution in [3.8, 4) is 0 Å². The lowest BCUT2D eigenvalue weighted by atomic mass is 9.68. The van der Waals surface area contributed by atoms with Crippen LogP contribution in [0.25, 0.3) is 0 Å². The maximum Gasteiger partial charge on any atom is 0.0843 e. The molecule has 0 bridgehead atoms. The van der Waals surface area contributed by atoms with Gasteiger partial charge in [0.05, 0.1) is 3.79 Å². The van der Waals surface area contributed by atoms with Crippen molar-refractivity contribution in [3.05, 3.63) is 19.2 Å². The van der Waals surface area contributed by atoms with Gasteiger partial charge in [-0.15, -0.1) is 11.3 Å². The van der Waals surface area contributed by atoms with Crippen molar-refractivity contribution in [1.82, 2.24) is 0 Å². The van der Waals surface area contributed by atoms with Gasteiger partial charge in [-0.05, 0) is 80.9 Å². The smallest absolute Gasteiger partial charge is 0.0843 e. The molecule has 1 aliphatic carbocycles. The first kappa shape index (κ1) is 16.0. The van der Waals surface area contributed by atoms with Crippen molar-refractivity contribution in [2.45, 2.75) is 52.5 Å². The Morgan fingerprint density at radius 2 is 1.79 bits per heavy atom. The Bertz CT molecular complexity index is 408. The van der Waals surface area contributed by atoms with E-state index >= 15 is 0 Å². The van der Waals surface area contributed by atoms with E-state index in [9.17, 15) is 0 Å². The fourth-order valence-electron chi connectivity index (χ4n) is 3.10. The molecule has 1 aliphatic rings. The molecule has 1 saturated carbocycles. The lowest BCUT2D eigenvalue weighted by Gasteiger charge is -2.38. The predicted molar refractivity (Wildman–Crippen MR) is 91.6 cm³/mol. The normalized spacial score (nSPS) is 26.4. The minimum Gasteiger partial charge on any atom is -0.323 e. The average molecular weight is 409 g/mol. The first-order valence-electron chi connectivity index (χ1n) is 6.99. The van der Waals surface area contributed by atoms with Gasteiger partial charge >= 0.3 is 0 Å². The molecular formula is C15H23Br2NS. The molecule has 19 heavy (non-hydrogen) atoms. The summed E-state index contributed by atoms with van der Waals surface area (Å²) in [4.78, 5) is 1.30. The zero-order valence-corrected chi connectivity index (χ0v) is 15.9. The highest BCUT2D eigenvalue weighted by atomic mass is 79.9. The summed E-state index contributed by atoms with van der Waals surface area (Å²) >= 11 is 8.88. The lowest BCUT2D eigenvalue weighted by molar-refractivity contribution is 0.140. The summed E-state index contributed by atoms with van der Waals surface area (Å²) in [7, 11) is 0. The van der Waals surface area contributed by atoms with Crippen LogP contribution in [0.15, 0.2) is 14.3 Å².